The van der Waals surface area contributed by atoms with Crippen molar-refractivity contribution in [3.05, 3.63) is 36.4 Å². The van der Waals surface area contributed by atoms with Crippen LogP contribution in [0.5, 0.6) is 0 Å². The van der Waals surface area contributed by atoms with Gasteiger partial charge in [-0.2, -0.15) is 0 Å². The summed E-state index contributed by atoms with van der Waals surface area (Å²) < 4.78 is 5.35. The number of hydrogen-bond acceptors (Lipinski definition) is 4. The Labute approximate surface area is 130 Å². The van der Waals surface area contributed by atoms with Crippen LogP contribution in [-0.2, 0) is 4.74 Å². The number of aromatic nitrogens is 1. The minimum Gasteiger partial charge on any atom is -0.379 e. The van der Waals surface area contributed by atoms with Gasteiger partial charge in [-0.15, -0.1) is 24.2 Å². The molecule has 0 amide bonds. The van der Waals surface area contributed by atoms with E-state index in [9.17, 15) is 0 Å². The monoisotopic (exact) mass is 310 g/mol. The zero-order valence-electron chi connectivity index (χ0n) is 11.3. The Morgan fingerprint density at radius 3 is 2.75 bits per heavy atom. The second-order valence-corrected chi connectivity index (χ2v) is 5.76. The molecule has 0 N–H and O–H groups in total. The number of halogens is 1. The Morgan fingerprint density at radius 1 is 1.10 bits per heavy atom. The third kappa shape index (κ3) is 4.09. The van der Waals surface area contributed by atoms with Crippen LogP contribution in [0.1, 0.15) is 0 Å². The molecule has 2 heterocycles. The number of benzene rings is 1. The van der Waals surface area contributed by atoms with Crippen LogP contribution in [0.15, 0.2) is 41.4 Å². The van der Waals surface area contributed by atoms with E-state index in [0.717, 1.165) is 49.1 Å². The van der Waals surface area contributed by atoms with Gasteiger partial charge in [0, 0.05) is 30.8 Å². The van der Waals surface area contributed by atoms with Gasteiger partial charge in [0.2, 0.25) is 0 Å². The van der Waals surface area contributed by atoms with Crippen molar-refractivity contribution in [2.45, 2.75) is 5.03 Å². The van der Waals surface area contributed by atoms with Crippen molar-refractivity contribution in [3.8, 4) is 0 Å². The molecule has 0 spiro atoms. The van der Waals surface area contributed by atoms with Gasteiger partial charge < -0.3 is 4.74 Å². The number of ether oxygens (including phenoxy) is 1. The highest BCUT2D eigenvalue weighted by molar-refractivity contribution is 7.99. The van der Waals surface area contributed by atoms with Crippen LogP contribution in [0.2, 0.25) is 0 Å². The molecule has 1 fully saturated rings. The highest BCUT2D eigenvalue weighted by Crippen LogP contribution is 2.19. The number of fused-ring (bicyclic) bond motifs is 1. The van der Waals surface area contributed by atoms with E-state index in [2.05, 4.69) is 40.2 Å². The highest BCUT2D eigenvalue weighted by Gasteiger charge is 2.09. The molecular weight excluding hydrogens is 292 g/mol. The fourth-order valence-corrected chi connectivity index (χ4v) is 3.12. The lowest BCUT2D eigenvalue weighted by Gasteiger charge is -2.26. The molecule has 20 heavy (non-hydrogen) atoms. The third-order valence-corrected chi connectivity index (χ3v) is 4.24. The first kappa shape index (κ1) is 15.6. The maximum Gasteiger partial charge on any atom is 0.0968 e. The van der Waals surface area contributed by atoms with Gasteiger partial charge in [-0.05, 0) is 12.1 Å². The molecule has 0 atom stereocenters. The average Bonchev–Trinajstić information content (AvgIpc) is 2.48. The summed E-state index contributed by atoms with van der Waals surface area (Å²) in [6, 6.07) is 12.5. The van der Waals surface area contributed by atoms with Gasteiger partial charge >= 0.3 is 0 Å². The Balaban J connectivity index is 0.00000147. The van der Waals surface area contributed by atoms with Crippen molar-refractivity contribution in [2.24, 2.45) is 0 Å². The second kappa shape index (κ2) is 7.84. The van der Waals surface area contributed by atoms with Gasteiger partial charge in [-0.25, -0.2) is 4.98 Å². The van der Waals surface area contributed by atoms with Crippen LogP contribution in [0, 0.1) is 0 Å². The lowest BCUT2D eigenvalue weighted by atomic mass is 10.2. The van der Waals surface area contributed by atoms with Crippen molar-refractivity contribution in [1.82, 2.24) is 9.88 Å². The SMILES string of the molecule is Cl.c1ccc2nc(SCCN3CCOCC3)ccc2c1. The standard InChI is InChI=1S/C15H18N2OS.ClH/c1-2-4-14-13(3-1)5-6-15(16-14)19-12-9-17-7-10-18-11-8-17;/h1-6H,7-12H2;1H. The minimum absolute atomic E-state index is 0. The van der Waals surface area contributed by atoms with Gasteiger partial charge in [-0.3, -0.25) is 4.90 Å². The highest BCUT2D eigenvalue weighted by atomic mass is 35.5. The number of pyridine rings is 1. The summed E-state index contributed by atoms with van der Waals surface area (Å²) in [5.74, 6) is 1.09. The topological polar surface area (TPSA) is 25.4 Å². The van der Waals surface area contributed by atoms with Crippen LogP contribution >= 0.6 is 24.2 Å². The van der Waals surface area contributed by atoms with E-state index < -0.39 is 0 Å². The molecule has 3 rings (SSSR count). The van der Waals surface area contributed by atoms with Gasteiger partial charge in [-0.1, -0.05) is 24.3 Å². The predicted octanol–water partition coefficient (Wildman–Crippen LogP) is 3.08. The summed E-state index contributed by atoms with van der Waals surface area (Å²) >= 11 is 1.84. The lowest BCUT2D eigenvalue weighted by Crippen LogP contribution is -2.37. The van der Waals surface area contributed by atoms with Crippen LogP contribution < -0.4 is 0 Å². The molecule has 0 unspecified atom stereocenters. The summed E-state index contributed by atoms with van der Waals surface area (Å²) in [4.78, 5) is 7.13. The first-order valence-corrected chi connectivity index (χ1v) is 7.69. The third-order valence-electron chi connectivity index (χ3n) is 3.33. The van der Waals surface area contributed by atoms with Gasteiger partial charge in [0.25, 0.3) is 0 Å². The van der Waals surface area contributed by atoms with Crippen LogP contribution in [0.25, 0.3) is 10.9 Å². The molecule has 1 aromatic heterocycles. The Bertz CT molecular complexity index is 546. The molecule has 1 aromatic carbocycles. The van der Waals surface area contributed by atoms with Crippen molar-refractivity contribution in [1.29, 1.82) is 0 Å². The number of para-hydroxylation sites is 1. The molecular formula is C15H19ClN2OS. The van der Waals surface area contributed by atoms with E-state index in [1.54, 1.807) is 0 Å². The van der Waals surface area contributed by atoms with Crippen LogP contribution in [-0.4, -0.2) is 48.5 Å². The molecule has 0 bridgehead atoms. The summed E-state index contributed by atoms with van der Waals surface area (Å²) in [5.41, 5.74) is 1.08. The van der Waals surface area contributed by atoms with Gasteiger partial charge in [0.15, 0.2) is 0 Å². The van der Waals surface area contributed by atoms with Crippen LogP contribution in [0.4, 0.5) is 0 Å². The Kier molecular flexibility index (Phi) is 6.10. The normalized spacial score (nSPS) is 16.0. The smallest absolute Gasteiger partial charge is 0.0968 e. The number of hydrogen-bond donors (Lipinski definition) is 0. The van der Waals surface area contributed by atoms with Gasteiger partial charge in [0.05, 0.1) is 23.8 Å². The molecule has 1 saturated heterocycles. The molecule has 3 nitrogen and oxygen atoms in total. The molecule has 108 valence electrons. The fraction of sp³-hybridized carbons (Fsp3) is 0.400. The fourth-order valence-electron chi connectivity index (χ4n) is 2.23. The maximum absolute atomic E-state index is 5.35. The first-order chi connectivity index (χ1) is 9.42. The maximum atomic E-state index is 5.35. The van der Waals surface area contributed by atoms with E-state index in [1.165, 1.54) is 5.39 Å². The lowest BCUT2D eigenvalue weighted by molar-refractivity contribution is 0.0410. The molecule has 1 aliphatic rings. The number of thioether (sulfide) groups is 1. The molecule has 0 saturated carbocycles. The van der Waals surface area contributed by atoms with Crippen LogP contribution in [0.3, 0.4) is 0 Å². The zero-order chi connectivity index (χ0) is 12.9. The Hall–Kier alpha value is -0.810. The summed E-state index contributed by atoms with van der Waals surface area (Å²) in [6.45, 7) is 4.98. The zero-order valence-corrected chi connectivity index (χ0v) is 13.0. The minimum atomic E-state index is 0. The van der Waals surface area contributed by atoms with E-state index in [-0.39, 0.29) is 12.4 Å². The van der Waals surface area contributed by atoms with Crippen molar-refractivity contribution < 1.29 is 4.74 Å². The van der Waals surface area contributed by atoms with Crippen molar-refractivity contribution in [3.63, 3.8) is 0 Å². The number of morpholine rings is 1. The Morgan fingerprint density at radius 2 is 1.90 bits per heavy atom. The summed E-state index contributed by atoms with van der Waals surface area (Å²) in [7, 11) is 0. The van der Waals surface area contributed by atoms with Gasteiger partial charge in [0.1, 0.15) is 0 Å². The molecule has 0 radical (unpaired) electrons. The van der Waals surface area contributed by atoms with E-state index >= 15 is 0 Å². The summed E-state index contributed by atoms with van der Waals surface area (Å²) in [6.07, 6.45) is 0. The summed E-state index contributed by atoms with van der Waals surface area (Å²) in [5, 5.41) is 2.33. The van der Waals surface area contributed by atoms with E-state index in [0.29, 0.717) is 0 Å². The second-order valence-electron chi connectivity index (χ2n) is 4.64. The molecule has 2 aromatic rings. The number of nitrogens with zero attached hydrogens (tertiary/aromatic N) is 2. The van der Waals surface area contributed by atoms with E-state index in [4.69, 9.17) is 4.74 Å². The number of rotatable bonds is 4. The average molecular weight is 311 g/mol. The first-order valence-electron chi connectivity index (χ1n) is 6.70. The van der Waals surface area contributed by atoms with Crippen molar-refractivity contribution in [2.75, 3.05) is 38.6 Å². The molecule has 1 aliphatic heterocycles. The van der Waals surface area contributed by atoms with Crippen molar-refractivity contribution >= 4 is 35.1 Å². The quantitative estimate of drug-likeness (QED) is 0.810. The van der Waals surface area contributed by atoms with E-state index in [1.807, 2.05) is 17.8 Å². The largest absolute Gasteiger partial charge is 0.379 e. The predicted molar refractivity (Wildman–Crippen MR) is 87.0 cm³/mol. The molecule has 5 heteroatoms. The molecule has 0 aliphatic carbocycles.